The average molecular weight is 289 g/mol. The number of amides is 1. The lowest BCUT2D eigenvalue weighted by atomic mass is 10.2. The molecule has 0 aliphatic heterocycles. The number of aromatic nitrogens is 2. The number of carbonyl (C=O) groups is 1. The summed E-state index contributed by atoms with van der Waals surface area (Å²) in [5.41, 5.74) is 4.82. The summed E-state index contributed by atoms with van der Waals surface area (Å²) in [6.45, 7) is 1.82. The van der Waals surface area contributed by atoms with E-state index in [2.05, 4.69) is 20.7 Å². The highest BCUT2D eigenvalue weighted by molar-refractivity contribution is 7.15. The maximum atomic E-state index is 12.2. The number of nitrogens with two attached hydrogens (primary N) is 1. The van der Waals surface area contributed by atoms with Crippen molar-refractivity contribution < 1.29 is 4.79 Å². The van der Waals surface area contributed by atoms with Gasteiger partial charge >= 0.3 is 0 Å². The van der Waals surface area contributed by atoms with Gasteiger partial charge in [-0.25, -0.2) is 15.8 Å². The van der Waals surface area contributed by atoms with E-state index >= 15 is 0 Å². The zero-order valence-corrected chi connectivity index (χ0v) is 11.9. The number of carbonyl (C=O) groups excluding carboxylic acids is 1. The highest BCUT2D eigenvalue weighted by Crippen LogP contribution is 2.30. The summed E-state index contributed by atoms with van der Waals surface area (Å²) >= 11 is 1.56. The van der Waals surface area contributed by atoms with Crippen molar-refractivity contribution in [1.29, 1.82) is 0 Å². The quantitative estimate of drug-likeness (QED) is 0.592. The molecule has 1 aliphatic rings. The van der Waals surface area contributed by atoms with Crippen molar-refractivity contribution in [2.45, 2.75) is 26.2 Å². The van der Waals surface area contributed by atoms with Gasteiger partial charge in [0.15, 0.2) is 5.13 Å². The molecule has 0 saturated carbocycles. The molecule has 0 unspecified atom stereocenters. The largest absolute Gasteiger partial charge is 0.308 e. The van der Waals surface area contributed by atoms with Gasteiger partial charge in [-0.05, 0) is 38.3 Å². The topological polar surface area (TPSA) is 92.9 Å². The van der Waals surface area contributed by atoms with Crippen LogP contribution in [0.4, 0.5) is 10.9 Å². The van der Waals surface area contributed by atoms with Gasteiger partial charge < -0.3 is 5.43 Å². The van der Waals surface area contributed by atoms with Gasteiger partial charge in [-0.2, -0.15) is 0 Å². The summed E-state index contributed by atoms with van der Waals surface area (Å²) in [6.07, 6.45) is 3.24. The van der Waals surface area contributed by atoms with E-state index in [4.69, 9.17) is 5.84 Å². The zero-order chi connectivity index (χ0) is 14.1. The summed E-state index contributed by atoms with van der Waals surface area (Å²) in [7, 11) is 0. The van der Waals surface area contributed by atoms with Crippen LogP contribution in [0.1, 0.15) is 33.0 Å². The first kappa shape index (κ1) is 13.0. The van der Waals surface area contributed by atoms with Crippen LogP contribution in [0, 0.1) is 6.92 Å². The smallest absolute Gasteiger partial charge is 0.257 e. The summed E-state index contributed by atoms with van der Waals surface area (Å²) < 4.78 is 0. The van der Waals surface area contributed by atoms with Crippen LogP contribution in [0.2, 0.25) is 0 Å². The van der Waals surface area contributed by atoms with E-state index in [9.17, 15) is 4.79 Å². The first-order valence-electron chi connectivity index (χ1n) is 6.41. The fourth-order valence-corrected chi connectivity index (χ4v) is 3.33. The number of hydrogen-bond donors (Lipinski definition) is 3. The number of nitrogens with zero attached hydrogens (tertiary/aromatic N) is 2. The Labute approximate surface area is 120 Å². The minimum absolute atomic E-state index is 0.195. The van der Waals surface area contributed by atoms with Crippen molar-refractivity contribution >= 4 is 28.2 Å². The third-order valence-electron chi connectivity index (χ3n) is 3.18. The molecule has 2 aromatic heterocycles. The zero-order valence-electron chi connectivity index (χ0n) is 11.1. The summed E-state index contributed by atoms with van der Waals surface area (Å²) in [5, 5.41) is 3.50. The lowest BCUT2D eigenvalue weighted by Crippen LogP contribution is -2.15. The number of hydrogen-bond acceptors (Lipinski definition) is 6. The molecule has 7 heteroatoms. The first-order valence-corrected chi connectivity index (χ1v) is 7.22. The number of pyridine rings is 1. The van der Waals surface area contributed by atoms with E-state index in [1.165, 1.54) is 4.88 Å². The molecule has 0 spiro atoms. The van der Waals surface area contributed by atoms with Crippen molar-refractivity contribution in [2.75, 3.05) is 10.7 Å². The highest BCUT2D eigenvalue weighted by atomic mass is 32.1. The van der Waals surface area contributed by atoms with Crippen molar-refractivity contribution in [1.82, 2.24) is 9.97 Å². The first-order chi connectivity index (χ1) is 9.65. The van der Waals surface area contributed by atoms with Gasteiger partial charge in [0.25, 0.3) is 5.91 Å². The number of anilines is 2. The molecule has 3 rings (SSSR count). The van der Waals surface area contributed by atoms with Crippen LogP contribution in [0.15, 0.2) is 12.1 Å². The standard InChI is InChI=1S/C13H15N5OS/c1-7-5-8(6-11(15-7)18-14)12(19)17-13-16-9-3-2-4-10(9)20-13/h5-6H,2-4,14H2,1H3,(H,15,18)(H,16,17,19). The van der Waals surface area contributed by atoms with Crippen LogP contribution >= 0.6 is 11.3 Å². The van der Waals surface area contributed by atoms with Crippen LogP contribution in [-0.2, 0) is 12.8 Å². The molecule has 6 nitrogen and oxygen atoms in total. The third-order valence-corrected chi connectivity index (χ3v) is 4.25. The monoisotopic (exact) mass is 289 g/mol. The Morgan fingerprint density at radius 1 is 1.35 bits per heavy atom. The Hall–Kier alpha value is -1.99. The molecule has 4 N–H and O–H groups in total. The molecule has 0 saturated heterocycles. The van der Waals surface area contributed by atoms with Gasteiger partial charge in [-0.15, -0.1) is 11.3 Å². The van der Waals surface area contributed by atoms with Crippen LogP contribution in [0.3, 0.4) is 0 Å². The van der Waals surface area contributed by atoms with Crippen molar-refractivity contribution in [3.63, 3.8) is 0 Å². The van der Waals surface area contributed by atoms with Crippen LogP contribution in [0.5, 0.6) is 0 Å². The summed E-state index contributed by atoms with van der Waals surface area (Å²) in [4.78, 5) is 22.1. The van der Waals surface area contributed by atoms with E-state index in [0.29, 0.717) is 16.5 Å². The predicted octanol–water partition coefficient (Wildman–Crippen LogP) is 1.87. The number of fused-ring (bicyclic) bond motifs is 1. The number of rotatable bonds is 3. The van der Waals surface area contributed by atoms with E-state index < -0.39 is 0 Å². The summed E-state index contributed by atoms with van der Waals surface area (Å²) in [6, 6.07) is 3.33. The molecule has 20 heavy (non-hydrogen) atoms. The second kappa shape index (κ2) is 5.18. The lowest BCUT2D eigenvalue weighted by molar-refractivity contribution is 0.102. The Morgan fingerprint density at radius 3 is 2.95 bits per heavy atom. The number of nitrogens with one attached hydrogen (secondary N) is 2. The highest BCUT2D eigenvalue weighted by Gasteiger charge is 2.18. The van der Waals surface area contributed by atoms with Gasteiger partial charge in [-0.3, -0.25) is 10.1 Å². The molecule has 2 aromatic rings. The molecule has 0 atom stereocenters. The van der Waals surface area contributed by atoms with Gasteiger partial charge in [-0.1, -0.05) is 0 Å². The molecule has 1 aliphatic carbocycles. The molecule has 0 aromatic carbocycles. The molecule has 1 amide bonds. The van der Waals surface area contributed by atoms with E-state index in [-0.39, 0.29) is 5.91 Å². The Kier molecular flexibility index (Phi) is 3.37. The Bertz CT molecular complexity index is 645. The van der Waals surface area contributed by atoms with Crippen molar-refractivity contribution in [3.05, 3.63) is 34.0 Å². The fraction of sp³-hybridized carbons (Fsp3) is 0.308. The molecular weight excluding hydrogens is 274 g/mol. The van der Waals surface area contributed by atoms with Crippen molar-refractivity contribution in [3.8, 4) is 0 Å². The number of thiazole rings is 1. The Balaban J connectivity index is 1.80. The molecule has 0 fully saturated rings. The second-order valence-electron chi connectivity index (χ2n) is 4.72. The van der Waals surface area contributed by atoms with Crippen molar-refractivity contribution in [2.24, 2.45) is 5.84 Å². The number of aryl methyl sites for hydroxylation is 3. The third kappa shape index (κ3) is 2.50. The lowest BCUT2D eigenvalue weighted by Gasteiger charge is -2.06. The van der Waals surface area contributed by atoms with Gasteiger partial charge in [0, 0.05) is 16.1 Å². The van der Waals surface area contributed by atoms with E-state index in [1.807, 2.05) is 6.92 Å². The molecule has 104 valence electrons. The molecular formula is C13H15N5OS. The SMILES string of the molecule is Cc1cc(C(=O)Nc2nc3c(s2)CCC3)cc(NN)n1. The van der Waals surface area contributed by atoms with Crippen LogP contribution in [0.25, 0.3) is 0 Å². The molecule has 2 heterocycles. The van der Waals surface area contributed by atoms with Gasteiger partial charge in [0.05, 0.1) is 5.69 Å². The maximum absolute atomic E-state index is 12.2. The predicted molar refractivity (Wildman–Crippen MR) is 78.9 cm³/mol. The minimum Gasteiger partial charge on any atom is -0.308 e. The average Bonchev–Trinajstić information content (AvgIpc) is 2.98. The number of nitrogen functional groups attached to an aromatic ring is 1. The summed E-state index contributed by atoms with van der Waals surface area (Å²) in [5.74, 6) is 5.61. The minimum atomic E-state index is -0.195. The molecule has 0 radical (unpaired) electrons. The molecule has 0 bridgehead atoms. The Morgan fingerprint density at radius 2 is 2.20 bits per heavy atom. The van der Waals surface area contributed by atoms with Gasteiger partial charge in [0.2, 0.25) is 0 Å². The maximum Gasteiger partial charge on any atom is 0.257 e. The van der Waals surface area contributed by atoms with Gasteiger partial charge in [0.1, 0.15) is 5.82 Å². The normalized spacial score (nSPS) is 13.1. The van der Waals surface area contributed by atoms with E-state index in [0.717, 1.165) is 30.7 Å². The second-order valence-corrected chi connectivity index (χ2v) is 5.81. The van der Waals surface area contributed by atoms with Crippen LogP contribution in [-0.4, -0.2) is 15.9 Å². The fourth-order valence-electron chi connectivity index (χ4n) is 2.29. The number of hydrazine groups is 1. The van der Waals surface area contributed by atoms with E-state index in [1.54, 1.807) is 23.5 Å². The van der Waals surface area contributed by atoms with Crippen LogP contribution < -0.4 is 16.6 Å².